The number of hydrogen-bond donors (Lipinski definition) is 0. The first-order valence-corrected chi connectivity index (χ1v) is 36.8. The van der Waals surface area contributed by atoms with Crippen molar-refractivity contribution in [2.45, 2.75) is 178 Å². The lowest BCUT2D eigenvalue weighted by molar-refractivity contribution is 0.119. The Labute approximate surface area is 416 Å². The number of nitrogens with zero attached hydrogens (tertiary/aromatic N) is 1. The van der Waals surface area contributed by atoms with Gasteiger partial charge in [0.25, 0.3) is 0 Å². The van der Waals surface area contributed by atoms with E-state index in [1.54, 1.807) is 0 Å². The van der Waals surface area contributed by atoms with Crippen molar-refractivity contribution < 1.29 is 17.7 Å². The van der Waals surface area contributed by atoms with Crippen LogP contribution >= 0.6 is 0 Å². The Balaban J connectivity index is 1.51. The molecular weight excluding hydrogens is 899 g/mol. The third kappa shape index (κ3) is 9.64. The number of fused-ring (bicyclic) bond motifs is 1. The fraction of sp³-hybridized carbons (Fsp3) is 0.475. The summed E-state index contributed by atoms with van der Waals surface area (Å²) in [5.74, 6) is 0. The van der Waals surface area contributed by atoms with E-state index in [0.717, 1.165) is 117 Å². The van der Waals surface area contributed by atoms with Crippen molar-refractivity contribution in [3.63, 3.8) is 0 Å². The normalized spacial score (nSPS) is 23.4. The molecule has 0 amide bonds. The summed E-state index contributed by atoms with van der Waals surface area (Å²) in [4.78, 5) is 5.29. The van der Waals surface area contributed by atoms with Gasteiger partial charge in [0.2, 0.25) is 0 Å². The zero-order chi connectivity index (χ0) is 48.9. The lowest BCUT2D eigenvalue weighted by Crippen LogP contribution is -2.48. The van der Waals surface area contributed by atoms with Gasteiger partial charge in [-0.25, -0.2) is 4.98 Å². The Bertz CT molecular complexity index is 2200. The third-order valence-electron chi connectivity index (χ3n) is 17.4. The van der Waals surface area contributed by atoms with E-state index in [4.69, 9.17) is 22.7 Å². The molecule has 0 N–H and O–H groups in total. The van der Waals surface area contributed by atoms with E-state index in [2.05, 4.69) is 223 Å². The van der Waals surface area contributed by atoms with E-state index in [0.29, 0.717) is 0 Å². The highest BCUT2D eigenvalue weighted by Crippen LogP contribution is 2.49. The van der Waals surface area contributed by atoms with Gasteiger partial charge in [0.05, 0.1) is 11.4 Å². The van der Waals surface area contributed by atoms with E-state index in [-0.39, 0.29) is 0 Å². The minimum atomic E-state index is -2.17. The molecule has 0 saturated heterocycles. The fourth-order valence-electron chi connectivity index (χ4n) is 11.3. The van der Waals surface area contributed by atoms with Crippen molar-refractivity contribution in [1.29, 1.82) is 0 Å². The summed E-state index contributed by atoms with van der Waals surface area (Å²) in [7, 11) is -8.63. The van der Waals surface area contributed by atoms with Crippen LogP contribution in [0.4, 0.5) is 0 Å². The van der Waals surface area contributed by atoms with Crippen LogP contribution < -0.4 is 0 Å². The molecule has 2 aliphatic carbocycles. The van der Waals surface area contributed by atoms with Crippen LogP contribution in [0.15, 0.2) is 140 Å². The molecule has 3 aromatic carbocycles. The summed E-state index contributed by atoms with van der Waals surface area (Å²) in [6.45, 7) is 27.9. The zero-order valence-electron chi connectivity index (χ0n) is 43.8. The minimum absolute atomic E-state index is 0.743. The second kappa shape index (κ2) is 21.1. The highest BCUT2D eigenvalue weighted by Gasteiger charge is 2.49. The molecule has 12 bridgehead atoms. The first-order valence-electron chi connectivity index (χ1n) is 26.7. The smallest absolute Gasteiger partial charge is 0.194 e. The lowest BCUT2D eigenvalue weighted by Gasteiger charge is -2.46. The van der Waals surface area contributed by atoms with E-state index < -0.39 is 55.7 Å². The molecule has 364 valence electrons. The molecule has 10 aliphatic rings. The molecule has 68 heavy (non-hydrogen) atoms. The van der Waals surface area contributed by atoms with Gasteiger partial charge in [0.15, 0.2) is 33.3 Å². The van der Waals surface area contributed by atoms with Crippen LogP contribution in [-0.4, -0.2) is 38.3 Å². The summed E-state index contributed by atoms with van der Waals surface area (Å²) < 4.78 is 30.9. The van der Waals surface area contributed by atoms with Crippen molar-refractivity contribution in [1.82, 2.24) is 4.98 Å². The fourth-order valence-corrected chi connectivity index (χ4v) is 23.0. The first kappa shape index (κ1) is 52.3. The molecule has 0 saturated carbocycles. The Kier molecular flexibility index (Phi) is 16.2. The molecule has 0 radical (unpaired) electrons. The molecule has 0 atom stereocenters. The average molecular weight is 983 g/mol. The summed E-state index contributed by atoms with van der Waals surface area (Å²) in [6, 6.07) is 46.3. The second-order valence-electron chi connectivity index (χ2n) is 20.0. The SMILES string of the molecule is CC[Si](CC)(CC)OC12C=CC(O[Si](CC)(CC)CC)(C=C1)c1ccc(cc1)C1(O[Si](CC)(CC)CC)C=CC(O[Si](CC)(CC)CC)(C=C1)c1ccc(cc1)-c1cccc(n1)-c1ccc2cc1. The number of benzene rings is 3. The average Bonchev–Trinajstić information content (AvgIpc) is 3.41. The molecule has 0 unspecified atom stereocenters. The maximum atomic E-state index is 7.77. The van der Waals surface area contributed by atoms with Crippen LogP contribution in [0.2, 0.25) is 72.5 Å². The summed E-state index contributed by atoms with van der Waals surface area (Å²) in [5.41, 5.74) is 5.54. The predicted octanol–water partition coefficient (Wildman–Crippen LogP) is 17.2. The van der Waals surface area contributed by atoms with Crippen molar-refractivity contribution in [3.05, 3.63) is 162 Å². The van der Waals surface area contributed by atoms with Gasteiger partial charge in [-0.05, 0) is 156 Å². The molecule has 9 heterocycles. The van der Waals surface area contributed by atoms with Crippen molar-refractivity contribution >= 4 is 33.3 Å². The topological polar surface area (TPSA) is 49.8 Å². The van der Waals surface area contributed by atoms with Gasteiger partial charge in [0.1, 0.15) is 22.4 Å². The minimum Gasteiger partial charge on any atom is -0.401 e. The quantitative estimate of drug-likeness (QED) is 0.0652. The molecule has 1 aromatic heterocycles. The summed E-state index contributed by atoms with van der Waals surface area (Å²) >= 11 is 0. The standard InChI is InChI=1S/C59H83NO4Si4/c1-13-65(14-2,15-3)61-56-40-44-58(45-41-56,63-67(19-7,20-8)21-9)52-36-38-53(39-37-52)59(64-68(22-10,23-11)24-12)46-42-57(43-47-59,62-66(16-4,17-5)18-6)51-34-30-49(31-35-51)55-27-25-26-54(60-55)48-28-32-50(56)33-29-48/h25-47H,13-24H2,1-12H3. The monoisotopic (exact) mass is 982 g/mol. The molecule has 9 heteroatoms. The molecule has 0 fully saturated rings. The summed E-state index contributed by atoms with van der Waals surface area (Å²) in [5, 5.41) is 0. The largest absolute Gasteiger partial charge is 0.401 e. The van der Waals surface area contributed by atoms with Gasteiger partial charge in [0, 0.05) is 11.1 Å². The van der Waals surface area contributed by atoms with Crippen molar-refractivity contribution in [2.75, 3.05) is 0 Å². The maximum absolute atomic E-state index is 7.77. The Morgan fingerprint density at radius 1 is 0.294 bits per heavy atom. The highest BCUT2D eigenvalue weighted by atomic mass is 28.4. The Morgan fingerprint density at radius 3 is 0.676 bits per heavy atom. The Morgan fingerprint density at radius 2 is 0.485 bits per heavy atom. The van der Waals surface area contributed by atoms with Crippen molar-refractivity contribution in [2.24, 2.45) is 0 Å². The maximum Gasteiger partial charge on any atom is 0.194 e. The van der Waals surface area contributed by atoms with Crippen molar-refractivity contribution in [3.8, 4) is 22.5 Å². The molecule has 4 aromatic rings. The molecule has 5 nitrogen and oxygen atoms in total. The van der Waals surface area contributed by atoms with Gasteiger partial charge in [-0.3, -0.25) is 0 Å². The van der Waals surface area contributed by atoms with Crippen LogP contribution in [0.25, 0.3) is 22.5 Å². The van der Waals surface area contributed by atoms with E-state index in [9.17, 15) is 0 Å². The molecular formula is C59H83NO4Si4. The molecule has 8 aliphatic heterocycles. The molecule has 14 rings (SSSR count). The van der Waals surface area contributed by atoms with Gasteiger partial charge < -0.3 is 17.7 Å². The van der Waals surface area contributed by atoms with Crippen LogP contribution in [0, 0.1) is 0 Å². The molecule has 0 spiro atoms. The third-order valence-corrected chi connectivity index (χ3v) is 35.9. The van der Waals surface area contributed by atoms with Gasteiger partial charge in [-0.1, -0.05) is 162 Å². The first-order chi connectivity index (χ1) is 32.7. The lowest BCUT2D eigenvalue weighted by atomic mass is 9.79. The Hall–Kier alpha value is -3.52. The predicted molar refractivity (Wildman–Crippen MR) is 298 cm³/mol. The van der Waals surface area contributed by atoms with Gasteiger partial charge in [-0.15, -0.1) is 0 Å². The van der Waals surface area contributed by atoms with Crippen LogP contribution in [0.3, 0.4) is 0 Å². The van der Waals surface area contributed by atoms with Crippen LogP contribution in [0.1, 0.15) is 105 Å². The van der Waals surface area contributed by atoms with Crippen LogP contribution in [-0.2, 0) is 40.1 Å². The van der Waals surface area contributed by atoms with E-state index in [1.807, 2.05) is 0 Å². The highest BCUT2D eigenvalue weighted by molar-refractivity contribution is 6.75. The van der Waals surface area contributed by atoms with E-state index >= 15 is 0 Å². The van der Waals surface area contributed by atoms with Gasteiger partial charge >= 0.3 is 0 Å². The number of aromatic nitrogens is 1. The second-order valence-corrected chi connectivity index (χ2v) is 38.8. The number of rotatable bonds is 20. The van der Waals surface area contributed by atoms with E-state index in [1.165, 1.54) is 0 Å². The zero-order valence-corrected chi connectivity index (χ0v) is 47.8. The van der Waals surface area contributed by atoms with Gasteiger partial charge in [-0.2, -0.15) is 0 Å². The summed E-state index contributed by atoms with van der Waals surface area (Å²) in [6.07, 6.45) is 18.8. The number of hydrogen-bond acceptors (Lipinski definition) is 5. The number of pyridine rings is 1. The van der Waals surface area contributed by atoms with Crippen LogP contribution in [0.5, 0.6) is 0 Å².